The van der Waals surface area contributed by atoms with Crippen molar-refractivity contribution in [1.29, 1.82) is 5.26 Å². The Kier molecular flexibility index (Phi) is 5.13. The van der Waals surface area contributed by atoms with E-state index in [9.17, 15) is 0 Å². The Morgan fingerprint density at radius 2 is 1.79 bits per heavy atom. The number of thioether (sulfide) groups is 1. The highest BCUT2D eigenvalue weighted by atomic mass is 32.2. The molecule has 0 radical (unpaired) electrons. The van der Waals surface area contributed by atoms with E-state index in [2.05, 4.69) is 45.3 Å². The van der Waals surface area contributed by atoms with Gasteiger partial charge in [0.25, 0.3) is 0 Å². The summed E-state index contributed by atoms with van der Waals surface area (Å²) in [5, 5.41) is 18.5. The smallest absolute Gasteiger partial charge is 0.196 e. The number of nitrogens with zero attached hydrogens (tertiary/aromatic N) is 6. The van der Waals surface area contributed by atoms with E-state index in [1.54, 1.807) is 30.4 Å². The molecule has 2 aromatic heterocycles. The summed E-state index contributed by atoms with van der Waals surface area (Å²) in [5.41, 5.74) is 4.59. The Labute approximate surface area is 166 Å². The Morgan fingerprint density at radius 1 is 1.00 bits per heavy atom. The first-order valence-electron chi connectivity index (χ1n) is 8.65. The highest BCUT2D eigenvalue weighted by molar-refractivity contribution is 7.98. The first-order valence-corrected chi connectivity index (χ1v) is 9.64. The van der Waals surface area contributed by atoms with E-state index in [-0.39, 0.29) is 0 Å². The number of rotatable bonds is 5. The van der Waals surface area contributed by atoms with Crippen molar-refractivity contribution >= 4 is 11.8 Å². The zero-order chi connectivity index (χ0) is 19.3. The lowest BCUT2D eigenvalue weighted by Gasteiger charge is -2.10. The maximum Gasteiger partial charge on any atom is 0.196 e. The lowest BCUT2D eigenvalue weighted by molar-refractivity contribution is 0.884. The first kappa shape index (κ1) is 17.9. The molecule has 2 aromatic carbocycles. The first-order chi connectivity index (χ1) is 13.7. The summed E-state index contributed by atoms with van der Waals surface area (Å²) in [4.78, 5) is 8.53. The largest absolute Gasteiger partial charge is 0.269 e. The number of aryl methyl sites for hydroxylation is 1. The summed E-state index contributed by atoms with van der Waals surface area (Å²) in [6, 6.07) is 17.9. The molecule has 0 unspecified atom stereocenters. The van der Waals surface area contributed by atoms with Crippen LogP contribution in [0.1, 0.15) is 16.7 Å². The standard InChI is InChI=1S/C21H16N6S/c1-15-2-8-18(9-3-15)27-20(19-13-23-10-11-24-19)25-26-21(27)28-14-17-6-4-16(12-22)5-7-17/h2-11,13H,14H2,1H3. The SMILES string of the molecule is Cc1ccc(-n2c(SCc3ccc(C#N)cc3)nnc2-c2cnccn2)cc1. The van der Waals surface area contributed by atoms with Gasteiger partial charge in [-0.1, -0.05) is 41.6 Å². The van der Waals surface area contributed by atoms with E-state index in [4.69, 9.17) is 5.26 Å². The van der Waals surface area contributed by atoms with Gasteiger partial charge in [0.05, 0.1) is 17.8 Å². The Bertz CT molecular complexity index is 1110. The number of nitriles is 1. The second-order valence-electron chi connectivity index (χ2n) is 6.17. The van der Waals surface area contributed by atoms with Crippen LogP contribution in [0.15, 0.2) is 72.3 Å². The van der Waals surface area contributed by atoms with Gasteiger partial charge in [0.1, 0.15) is 5.69 Å². The van der Waals surface area contributed by atoms with Crippen LogP contribution in [0.5, 0.6) is 0 Å². The third kappa shape index (κ3) is 3.77. The third-order valence-electron chi connectivity index (χ3n) is 4.17. The van der Waals surface area contributed by atoms with Crippen molar-refractivity contribution in [2.24, 2.45) is 0 Å². The molecule has 0 fully saturated rings. The minimum absolute atomic E-state index is 0.652. The molecule has 4 aromatic rings. The zero-order valence-electron chi connectivity index (χ0n) is 15.1. The van der Waals surface area contributed by atoms with Crippen molar-refractivity contribution in [1.82, 2.24) is 24.7 Å². The summed E-state index contributed by atoms with van der Waals surface area (Å²) in [6.45, 7) is 2.06. The number of aromatic nitrogens is 5. The van der Waals surface area contributed by atoms with E-state index in [1.165, 1.54) is 5.56 Å². The molecular weight excluding hydrogens is 368 g/mol. The fourth-order valence-corrected chi connectivity index (χ4v) is 3.60. The van der Waals surface area contributed by atoms with E-state index in [0.717, 1.165) is 22.2 Å². The predicted octanol–water partition coefficient (Wildman–Crippen LogP) is 4.20. The van der Waals surface area contributed by atoms with Crippen LogP contribution in [0.25, 0.3) is 17.2 Å². The van der Waals surface area contributed by atoms with Crippen molar-refractivity contribution < 1.29 is 0 Å². The maximum atomic E-state index is 8.94. The molecule has 136 valence electrons. The average molecular weight is 384 g/mol. The molecule has 0 aliphatic carbocycles. The van der Waals surface area contributed by atoms with Gasteiger partial charge in [0, 0.05) is 23.8 Å². The van der Waals surface area contributed by atoms with Gasteiger partial charge in [-0.3, -0.25) is 9.55 Å². The molecule has 28 heavy (non-hydrogen) atoms. The van der Waals surface area contributed by atoms with Gasteiger partial charge < -0.3 is 0 Å². The molecule has 0 aliphatic heterocycles. The van der Waals surface area contributed by atoms with Crippen molar-refractivity contribution in [2.45, 2.75) is 17.8 Å². The Morgan fingerprint density at radius 3 is 2.46 bits per heavy atom. The van der Waals surface area contributed by atoms with Crippen LogP contribution in [-0.4, -0.2) is 24.7 Å². The van der Waals surface area contributed by atoms with Crippen LogP contribution in [0, 0.1) is 18.3 Å². The van der Waals surface area contributed by atoms with Crippen LogP contribution in [0.4, 0.5) is 0 Å². The molecule has 4 rings (SSSR count). The van der Waals surface area contributed by atoms with E-state index >= 15 is 0 Å². The summed E-state index contributed by atoms with van der Waals surface area (Å²) in [5.74, 6) is 1.37. The molecule has 0 bridgehead atoms. The molecule has 0 amide bonds. The number of hydrogen-bond acceptors (Lipinski definition) is 6. The lowest BCUT2D eigenvalue weighted by atomic mass is 10.2. The maximum absolute atomic E-state index is 8.94. The molecule has 0 atom stereocenters. The number of hydrogen-bond donors (Lipinski definition) is 0. The van der Waals surface area contributed by atoms with E-state index in [0.29, 0.717) is 17.1 Å². The second-order valence-corrected chi connectivity index (χ2v) is 7.11. The van der Waals surface area contributed by atoms with Gasteiger partial charge in [-0.25, -0.2) is 4.98 Å². The van der Waals surface area contributed by atoms with Gasteiger partial charge in [0.2, 0.25) is 0 Å². The van der Waals surface area contributed by atoms with Gasteiger partial charge in [-0.15, -0.1) is 10.2 Å². The van der Waals surface area contributed by atoms with Crippen molar-refractivity contribution in [3.63, 3.8) is 0 Å². The normalized spacial score (nSPS) is 10.6. The monoisotopic (exact) mass is 384 g/mol. The topological polar surface area (TPSA) is 80.3 Å². The second kappa shape index (κ2) is 8.03. The Hall–Kier alpha value is -3.50. The summed E-state index contributed by atoms with van der Waals surface area (Å²) in [7, 11) is 0. The third-order valence-corrected chi connectivity index (χ3v) is 5.17. The molecule has 0 N–H and O–H groups in total. The van der Waals surface area contributed by atoms with E-state index in [1.807, 2.05) is 41.0 Å². The van der Waals surface area contributed by atoms with Crippen molar-refractivity contribution in [3.05, 3.63) is 83.8 Å². The highest BCUT2D eigenvalue weighted by Crippen LogP contribution is 2.29. The lowest BCUT2D eigenvalue weighted by Crippen LogP contribution is -2.01. The quantitative estimate of drug-likeness (QED) is 0.480. The zero-order valence-corrected chi connectivity index (χ0v) is 16.0. The van der Waals surface area contributed by atoms with Crippen LogP contribution in [0.3, 0.4) is 0 Å². The molecule has 2 heterocycles. The molecule has 0 saturated carbocycles. The van der Waals surface area contributed by atoms with Gasteiger partial charge in [-0.05, 0) is 36.8 Å². The van der Waals surface area contributed by atoms with Crippen molar-refractivity contribution in [2.75, 3.05) is 0 Å². The van der Waals surface area contributed by atoms with Crippen molar-refractivity contribution in [3.8, 4) is 23.3 Å². The predicted molar refractivity (Wildman–Crippen MR) is 108 cm³/mol. The summed E-state index contributed by atoms with van der Waals surface area (Å²) in [6.07, 6.45) is 4.97. The van der Waals surface area contributed by atoms with Crippen LogP contribution < -0.4 is 0 Å². The molecule has 0 aliphatic rings. The molecular formula is C21H16N6S. The van der Waals surface area contributed by atoms with Gasteiger partial charge in [0.15, 0.2) is 11.0 Å². The number of benzene rings is 2. The Balaban J connectivity index is 1.69. The fraction of sp³-hybridized carbons (Fsp3) is 0.0952. The van der Waals surface area contributed by atoms with Crippen LogP contribution >= 0.6 is 11.8 Å². The molecule has 7 heteroatoms. The van der Waals surface area contributed by atoms with Gasteiger partial charge in [-0.2, -0.15) is 5.26 Å². The molecule has 0 saturated heterocycles. The van der Waals surface area contributed by atoms with Gasteiger partial charge >= 0.3 is 0 Å². The van der Waals surface area contributed by atoms with E-state index < -0.39 is 0 Å². The van der Waals surface area contributed by atoms with Crippen LogP contribution in [0.2, 0.25) is 0 Å². The average Bonchev–Trinajstić information content (AvgIpc) is 3.18. The highest BCUT2D eigenvalue weighted by Gasteiger charge is 2.17. The van der Waals surface area contributed by atoms with Crippen LogP contribution in [-0.2, 0) is 5.75 Å². The molecule has 0 spiro atoms. The molecule has 6 nitrogen and oxygen atoms in total. The minimum atomic E-state index is 0.652. The summed E-state index contributed by atoms with van der Waals surface area (Å²) < 4.78 is 2.00. The minimum Gasteiger partial charge on any atom is -0.269 e. The fourth-order valence-electron chi connectivity index (χ4n) is 2.69. The summed E-state index contributed by atoms with van der Waals surface area (Å²) >= 11 is 1.59.